The number of aryl methyl sites for hydroxylation is 1. The van der Waals surface area contributed by atoms with Crippen LogP contribution in [0.2, 0.25) is 0 Å². The van der Waals surface area contributed by atoms with Crippen molar-refractivity contribution in [3.05, 3.63) is 35.6 Å². The molecule has 2 heteroatoms. The molecule has 0 N–H and O–H groups in total. The highest BCUT2D eigenvalue weighted by molar-refractivity contribution is 5.84. The quantitative estimate of drug-likeness (QED) is 0.741. The Morgan fingerprint density at radius 3 is 3.00 bits per heavy atom. The Morgan fingerprint density at radius 2 is 2.21 bits per heavy atom. The van der Waals surface area contributed by atoms with E-state index in [1.54, 1.807) is 6.26 Å². The van der Waals surface area contributed by atoms with Crippen LogP contribution in [0.5, 0.6) is 0 Å². The molecule has 1 heterocycles. The molecule has 0 amide bonds. The van der Waals surface area contributed by atoms with Gasteiger partial charge in [0, 0.05) is 17.6 Å². The maximum absolute atomic E-state index is 5.45. The molecule has 14 heavy (non-hydrogen) atoms. The van der Waals surface area contributed by atoms with E-state index in [1.807, 2.05) is 19.1 Å². The molecular formula is C12H14O2. The fourth-order valence-electron chi connectivity index (χ4n) is 1.66. The van der Waals surface area contributed by atoms with Crippen molar-refractivity contribution in [2.24, 2.45) is 0 Å². The topological polar surface area (TPSA) is 22.4 Å². The molecule has 0 saturated carbocycles. The minimum absolute atomic E-state index is 0.633. The Labute approximate surface area is 83.5 Å². The lowest BCUT2D eigenvalue weighted by molar-refractivity contribution is 0.134. The summed E-state index contributed by atoms with van der Waals surface area (Å²) in [6, 6.07) is 6.08. The van der Waals surface area contributed by atoms with E-state index in [1.165, 1.54) is 10.9 Å². The number of rotatable bonds is 3. The summed E-state index contributed by atoms with van der Waals surface area (Å²) in [6.45, 7) is 5.45. The van der Waals surface area contributed by atoms with Crippen LogP contribution in [0, 0.1) is 6.92 Å². The standard InChI is InChI=1S/C12H14O2/c1-3-13-7-10-8-14-11-6-4-5-9(2)12(10)11/h4-6,8H,3,7H2,1-2H3. The molecule has 1 aromatic carbocycles. The fraction of sp³-hybridized carbons (Fsp3) is 0.333. The van der Waals surface area contributed by atoms with Crippen molar-refractivity contribution in [3.63, 3.8) is 0 Å². The fourth-order valence-corrected chi connectivity index (χ4v) is 1.66. The third-order valence-corrected chi connectivity index (χ3v) is 2.35. The van der Waals surface area contributed by atoms with E-state index in [-0.39, 0.29) is 0 Å². The monoisotopic (exact) mass is 190 g/mol. The summed E-state index contributed by atoms with van der Waals surface area (Å²) in [5.41, 5.74) is 3.32. The summed E-state index contributed by atoms with van der Waals surface area (Å²) in [6.07, 6.45) is 1.79. The summed E-state index contributed by atoms with van der Waals surface area (Å²) in [7, 11) is 0. The van der Waals surface area contributed by atoms with Crippen LogP contribution in [0.15, 0.2) is 28.9 Å². The van der Waals surface area contributed by atoms with Gasteiger partial charge in [-0.15, -0.1) is 0 Å². The lowest BCUT2D eigenvalue weighted by Crippen LogP contribution is -1.90. The molecule has 0 fully saturated rings. The predicted molar refractivity (Wildman–Crippen MR) is 56.3 cm³/mol. The molecule has 2 nitrogen and oxygen atoms in total. The van der Waals surface area contributed by atoms with Crippen molar-refractivity contribution in [3.8, 4) is 0 Å². The average Bonchev–Trinajstić information content (AvgIpc) is 2.59. The van der Waals surface area contributed by atoms with Crippen molar-refractivity contribution in [1.29, 1.82) is 0 Å². The molecule has 0 saturated heterocycles. The van der Waals surface area contributed by atoms with E-state index in [0.29, 0.717) is 6.61 Å². The van der Waals surface area contributed by atoms with Gasteiger partial charge >= 0.3 is 0 Å². The largest absolute Gasteiger partial charge is 0.464 e. The van der Waals surface area contributed by atoms with E-state index in [9.17, 15) is 0 Å². The summed E-state index contributed by atoms with van der Waals surface area (Å²) in [5, 5.41) is 1.20. The maximum Gasteiger partial charge on any atom is 0.134 e. The van der Waals surface area contributed by atoms with Crippen LogP contribution in [0.25, 0.3) is 11.0 Å². The van der Waals surface area contributed by atoms with Crippen molar-refractivity contribution < 1.29 is 9.15 Å². The minimum atomic E-state index is 0.633. The minimum Gasteiger partial charge on any atom is -0.464 e. The third kappa shape index (κ3) is 1.53. The lowest BCUT2D eigenvalue weighted by Gasteiger charge is -2.00. The van der Waals surface area contributed by atoms with Gasteiger partial charge in [-0.2, -0.15) is 0 Å². The van der Waals surface area contributed by atoms with Gasteiger partial charge in [0.05, 0.1) is 12.9 Å². The van der Waals surface area contributed by atoms with E-state index in [4.69, 9.17) is 9.15 Å². The molecule has 0 bridgehead atoms. The predicted octanol–water partition coefficient (Wildman–Crippen LogP) is 3.28. The summed E-state index contributed by atoms with van der Waals surface area (Å²) in [4.78, 5) is 0. The zero-order valence-electron chi connectivity index (χ0n) is 8.54. The zero-order chi connectivity index (χ0) is 9.97. The second kappa shape index (κ2) is 3.84. The first-order chi connectivity index (χ1) is 6.83. The molecule has 0 aliphatic heterocycles. The Kier molecular flexibility index (Phi) is 2.55. The van der Waals surface area contributed by atoms with E-state index >= 15 is 0 Å². The summed E-state index contributed by atoms with van der Waals surface area (Å²) in [5.74, 6) is 0. The van der Waals surface area contributed by atoms with Crippen LogP contribution < -0.4 is 0 Å². The summed E-state index contributed by atoms with van der Waals surface area (Å²) < 4.78 is 10.8. The lowest BCUT2D eigenvalue weighted by atomic mass is 10.1. The second-order valence-corrected chi connectivity index (χ2v) is 3.35. The van der Waals surface area contributed by atoms with Gasteiger partial charge in [0.1, 0.15) is 5.58 Å². The first kappa shape index (κ1) is 9.28. The first-order valence-electron chi connectivity index (χ1n) is 4.86. The molecule has 2 aromatic rings. The van der Waals surface area contributed by atoms with Gasteiger partial charge in [-0.05, 0) is 25.5 Å². The number of benzene rings is 1. The van der Waals surface area contributed by atoms with Crippen LogP contribution >= 0.6 is 0 Å². The highest BCUT2D eigenvalue weighted by Gasteiger charge is 2.07. The molecule has 0 aliphatic carbocycles. The Bertz CT molecular complexity index is 429. The van der Waals surface area contributed by atoms with Crippen molar-refractivity contribution in [2.75, 3.05) is 6.61 Å². The number of hydrogen-bond acceptors (Lipinski definition) is 2. The molecule has 1 aromatic heterocycles. The number of furan rings is 1. The van der Waals surface area contributed by atoms with Crippen molar-refractivity contribution in [2.45, 2.75) is 20.5 Å². The molecule has 0 atom stereocenters. The molecule has 0 spiro atoms. The highest BCUT2D eigenvalue weighted by Crippen LogP contribution is 2.24. The number of fused-ring (bicyclic) bond motifs is 1. The van der Waals surface area contributed by atoms with Crippen LogP contribution in [-0.4, -0.2) is 6.61 Å². The Morgan fingerprint density at radius 1 is 1.36 bits per heavy atom. The molecule has 0 radical (unpaired) electrons. The zero-order valence-corrected chi connectivity index (χ0v) is 8.54. The molecule has 0 aliphatic rings. The van der Waals surface area contributed by atoms with E-state index < -0.39 is 0 Å². The average molecular weight is 190 g/mol. The molecular weight excluding hydrogens is 176 g/mol. The van der Waals surface area contributed by atoms with Gasteiger partial charge in [-0.3, -0.25) is 0 Å². The second-order valence-electron chi connectivity index (χ2n) is 3.35. The highest BCUT2D eigenvalue weighted by atomic mass is 16.5. The van der Waals surface area contributed by atoms with E-state index in [0.717, 1.165) is 17.8 Å². The van der Waals surface area contributed by atoms with Gasteiger partial charge in [-0.25, -0.2) is 0 Å². The van der Waals surface area contributed by atoms with Crippen molar-refractivity contribution in [1.82, 2.24) is 0 Å². The van der Waals surface area contributed by atoms with Gasteiger partial charge in [0.25, 0.3) is 0 Å². The normalized spacial score (nSPS) is 11.0. The van der Waals surface area contributed by atoms with Crippen LogP contribution in [0.4, 0.5) is 0 Å². The van der Waals surface area contributed by atoms with Gasteiger partial charge in [-0.1, -0.05) is 12.1 Å². The third-order valence-electron chi connectivity index (χ3n) is 2.35. The Hall–Kier alpha value is -1.28. The molecule has 0 unspecified atom stereocenters. The summed E-state index contributed by atoms with van der Waals surface area (Å²) >= 11 is 0. The van der Waals surface area contributed by atoms with E-state index in [2.05, 4.69) is 13.0 Å². The van der Waals surface area contributed by atoms with Gasteiger partial charge in [0.15, 0.2) is 0 Å². The Balaban J connectivity index is 2.45. The number of hydrogen-bond donors (Lipinski definition) is 0. The smallest absolute Gasteiger partial charge is 0.134 e. The van der Waals surface area contributed by atoms with Crippen molar-refractivity contribution >= 4 is 11.0 Å². The van der Waals surface area contributed by atoms with Crippen LogP contribution in [0.3, 0.4) is 0 Å². The van der Waals surface area contributed by atoms with Gasteiger partial charge in [0.2, 0.25) is 0 Å². The molecule has 74 valence electrons. The molecule has 2 rings (SSSR count). The number of ether oxygens (including phenoxy) is 1. The first-order valence-corrected chi connectivity index (χ1v) is 4.86. The van der Waals surface area contributed by atoms with Gasteiger partial charge < -0.3 is 9.15 Å². The van der Waals surface area contributed by atoms with Crippen LogP contribution in [0.1, 0.15) is 18.1 Å². The SMILES string of the molecule is CCOCc1coc2cccc(C)c12. The maximum atomic E-state index is 5.45. The van der Waals surface area contributed by atoms with Crippen LogP contribution in [-0.2, 0) is 11.3 Å².